The van der Waals surface area contributed by atoms with Crippen LogP contribution in [0.2, 0.25) is 0 Å². The van der Waals surface area contributed by atoms with Crippen LogP contribution in [0.4, 0.5) is 0 Å². The van der Waals surface area contributed by atoms with Crippen molar-refractivity contribution in [3.8, 4) is 5.75 Å². The molecule has 0 bridgehead atoms. The van der Waals surface area contributed by atoms with E-state index in [0.717, 1.165) is 0 Å². The van der Waals surface area contributed by atoms with Crippen molar-refractivity contribution in [3.05, 3.63) is 29.8 Å². The summed E-state index contributed by atoms with van der Waals surface area (Å²) in [5.41, 5.74) is 34.9. The number of hydrogen-bond acceptors (Lipinski definition) is 17. The lowest BCUT2D eigenvalue weighted by Crippen LogP contribution is -2.61. The van der Waals surface area contributed by atoms with Gasteiger partial charge >= 0.3 is 5.97 Å². The summed E-state index contributed by atoms with van der Waals surface area (Å²) in [6.45, 7) is 14.1. The molecule has 0 aliphatic heterocycles. The van der Waals surface area contributed by atoms with Gasteiger partial charge in [-0.3, -0.25) is 48.1 Å². The third-order valence-electron chi connectivity index (χ3n) is 14.6. The maximum Gasteiger partial charge on any atom is 0.326 e. The fourth-order valence-electron chi connectivity index (χ4n) is 9.24. The Hall–Kier alpha value is -7.21. The summed E-state index contributed by atoms with van der Waals surface area (Å²) in [5, 5.41) is 53.9. The van der Waals surface area contributed by atoms with Crippen molar-refractivity contribution in [2.45, 2.75) is 212 Å². The van der Waals surface area contributed by atoms with Gasteiger partial charge in [0.2, 0.25) is 53.2 Å². The minimum absolute atomic E-state index is 0.0140. The Morgan fingerprint density at radius 3 is 1.30 bits per heavy atom. The first kappa shape index (κ1) is 78.8. The van der Waals surface area contributed by atoms with E-state index < -0.39 is 138 Å². The number of guanidine groups is 1. The molecule has 0 spiro atoms. The summed E-state index contributed by atoms with van der Waals surface area (Å²) in [7, 11) is 0. The highest BCUT2D eigenvalue weighted by Crippen LogP contribution is 2.16. The van der Waals surface area contributed by atoms with Crippen LogP contribution in [0.3, 0.4) is 0 Å². The van der Waals surface area contributed by atoms with Gasteiger partial charge < -0.3 is 97.6 Å². The van der Waals surface area contributed by atoms with Gasteiger partial charge in [-0.05, 0) is 144 Å². The Kier molecular flexibility index (Phi) is 38.2. The van der Waals surface area contributed by atoms with Crippen molar-refractivity contribution >= 4 is 65.1 Å². The lowest BCUT2D eigenvalue weighted by molar-refractivity contribution is -0.143. The van der Waals surface area contributed by atoms with Gasteiger partial charge in [-0.15, -0.1) is 0 Å². The predicted octanol–water partition coefficient (Wildman–Crippen LogP) is -2.06. The number of aliphatic hydroxyl groups excluding tert-OH is 1. The van der Waals surface area contributed by atoms with E-state index in [-0.39, 0.29) is 94.7 Å². The molecule has 0 aliphatic rings. The normalized spacial score (nSPS) is 15.1. The Balaban J connectivity index is 3.67. The third-order valence-corrected chi connectivity index (χ3v) is 14.6. The largest absolute Gasteiger partial charge is 0.508 e. The second-order valence-electron chi connectivity index (χ2n) is 23.6. The molecule has 1 rings (SSSR count). The van der Waals surface area contributed by atoms with Crippen molar-refractivity contribution in [3.63, 3.8) is 0 Å². The predicted molar refractivity (Wildman–Crippen MR) is 334 cm³/mol. The van der Waals surface area contributed by atoms with E-state index >= 15 is 0 Å². The third kappa shape index (κ3) is 30.6. The van der Waals surface area contributed by atoms with Crippen LogP contribution in [-0.2, 0) is 54.4 Å². The van der Waals surface area contributed by atoms with Crippen molar-refractivity contribution < 1.29 is 63.3 Å². The van der Waals surface area contributed by atoms with Crippen LogP contribution < -0.4 is 82.3 Å². The molecule has 0 heterocycles. The number of hydrogen-bond donors (Lipinski definition) is 18. The molecule has 24 N–H and O–H groups in total. The fourth-order valence-corrected chi connectivity index (χ4v) is 9.24. The lowest BCUT2D eigenvalue weighted by atomic mass is 9.96. The molecule has 500 valence electrons. The maximum atomic E-state index is 14.7. The summed E-state index contributed by atoms with van der Waals surface area (Å²) in [6, 6.07) is -7.10. The van der Waals surface area contributed by atoms with Crippen LogP contribution in [0.5, 0.6) is 5.75 Å². The minimum Gasteiger partial charge on any atom is -0.508 e. The minimum atomic E-state index is -1.59. The number of benzene rings is 1. The highest BCUT2D eigenvalue weighted by molar-refractivity contribution is 5.98. The number of rotatable bonds is 45. The number of nitrogens with zero attached hydrogens (tertiary/aromatic N) is 1. The Morgan fingerprint density at radius 1 is 0.477 bits per heavy atom. The maximum absolute atomic E-state index is 14.7. The number of nitrogens with one attached hydrogen (secondary N) is 9. The molecule has 0 unspecified atom stereocenters. The molecule has 88 heavy (non-hydrogen) atoms. The SMILES string of the molecule is CC[C@H](C)[C@H](NC(=O)[C@H](CCCCN)NC(=O)[C@H](CCCCN)NC(=O)[C@H](CCCCN)NC(=O)[C@H](Cc1ccc(O)cc1)NC(=O)[C@H](CC(C)C)NC(=O)[C@@H](NC(=O)[C@@H](N)CCCN=C(N)N)C(C)C)C(=O)N[C@@H](CO)C(=O)N[C@@H](CC(C)C)C(=O)O. The number of unbranched alkanes of at least 4 members (excludes halogenated alkanes) is 3. The molecule has 1 aromatic rings. The van der Waals surface area contributed by atoms with E-state index in [2.05, 4.69) is 52.8 Å². The molecule has 0 saturated heterocycles. The highest BCUT2D eigenvalue weighted by Gasteiger charge is 2.37. The number of aromatic hydroxyl groups is 1. The number of aliphatic imine (C=N–C) groups is 1. The van der Waals surface area contributed by atoms with Gasteiger partial charge in [0.05, 0.1) is 12.6 Å². The highest BCUT2D eigenvalue weighted by atomic mass is 16.4. The molecule has 0 radical (unpaired) electrons. The van der Waals surface area contributed by atoms with E-state index in [9.17, 15) is 63.3 Å². The molecule has 11 atom stereocenters. The number of phenolic OH excluding ortho intramolecular Hbond substituents is 1. The summed E-state index contributed by atoms with van der Waals surface area (Å²) in [6.07, 6.45) is 3.31. The van der Waals surface area contributed by atoms with Crippen molar-refractivity contribution in [2.24, 2.45) is 63.1 Å². The van der Waals surface area contributed by atoms with Gasteiger partial charge in [0.1, 0.15) is 60.1 Å². The Labute approximate surface area is 518 Å². The summed E-state index contributed by atoms with van der Waals surface area (Å²) in [5.74, 6) is -9.92. The molecule has 29 heteroatoms. The number of amides is 9. The van der Waals surface area contributed by atoms with E-state index in [4.69, 9.17) is 34.4 Å². The summed E-state index contributed by atoms with van der Waals surface area (Å²) in [4.78, 5) is 143. The van der Waals surface area contributed by atoms with E-state index in [1.807, 2.05) is 13.8 Å². The van der Waals surface area contributed by atoms with Gasteiger partial charge in [0, 0.05) is 13.0 Å². The number of carboxylic acids is 1. The number of phenols is 1. The first-order valence-corrected chi connectivity index (χ1v) is 30.8. The molecule has 0 fully saturated rings. The molecular weight excluding hydrogens is 1140 g/mol. The Morgan fingerprint density at radius 2 is 0.864 bits per heavy atom. The number of aliphatic carboxylic acids is 1. The second-order valence-corrected chi connectivity index (χ2v) is 23.6. The molecule has 0 saturated carbocycles. The van der Waals surface area contributed by atoms with Crippen molar-refractivity contribution in [1.29, 1.82) is 0 Å². The zero-order valence-corrected chi connectivity index (χ0v) is 52.9. The van der Waals surface area contributed by atoms with Crippen molar-refractivity contribution in [1.82, 2.24) is 47.9 Å². The molecular formula is C59H106N16O13. The number of aliphatic hydroxyl groups is 1. The molecule has 1 aromatic carbocycles. The van der Waals surface area contributed by atoms with Gasteiger partial charge in [-0.1, -0.05) is 73.9 Å². The van der Waals surface area contributed by atoms with Crippen LogP contribution in [0, 0.1) is 23.7 Å². The summed E-state index contributed by atoms with van der Waals surface area (Å²) >= 11 is 0. The smallest absolute Gasteiger partial charge is 0.326 e. The molecule has 0 aliphatic carbocycles. The number of carbonyl (C=O) groups excluding carboxylic acids is 9. The first-order chi connectivity index (χ1) is 41.5. The number of carbonyl (C=O) groups is 10. The number of nitrogens with two attached hydrogens (primary N) is 6. The van der Waals surface area contributed by atoms with Crippen LogP contribution in [0.15, 0.2) is 29.3 Å². The van der Waals surface area contributed by atoms with E-state index in [0.29, 0.717) is 56.9 Å². The Bertz CT molecular complexity index is 2380. The van der Waals surface area contributed by atoms with Crippen LogP contribution >= 0.6 is 0 Å². The lowest BCUT2D eigenvalue weighted by Gasteiger charge is -2.30. The molecule has 29 nitrogen and oxygen atoms in total. The van der Waals surface area contributed by atoms with Gasteiger partial charge in [-0.2, -0.15) is 0 Å². The van der Waals surface area contributed by atoms with Crippen LogP contribution in [-0.4, -0.2) is 174 Å². The van der Waals surface area contributed by atoms with E-state index in [1.54, 1.807) is 41.5 Å². The van der Waals surface area contributed by atoms with Crippen molar-refractivity contribution in [2.75, 3.05) is 32.8 Å². The molecule has 0 aromatic heterocycles. The number of carboxylic acid groups (broad SMARTS) is 1. The topological polar surface area (TPSA) is 508 Å². The van der Waals surface area contributed by atoms with E-state index in [1.165, 1.54) is 24.3 Å². The summed E-state index contributed by atoms with van der Waals surface area (Å²) < 4.78 is 0. The zero-order chi connectivity index (χ0) is 66.6. The zero-order valence-electron chi connectivity index (χ0n) is 52.9. The van der Waals surface area contributed by atoms with Crippen LogP contribution in [0.1, 0.15) is 151 Å². The average Bonchev–Trinajstić information content (AvgIpc) is 1.80. The van der Waals surface area contributed by atoms with Gasteiger partial charge in [0.25, 0.3) is 0 Å². The molecule has 9 amide bonds. The standard InChI is InChI=1S/C59H106N16O13/c1-9-36(8)48(57(86)73-46(32-76)55(84)72-45(58(87)88)30-34(4)5)75-52(81)42(20-12-15-27-62)68-50(79)40(18-10-13-25-60)67-51(80)41(19-11-14-26-61)69-54(83)44(31-37-21-23-38(77)24-22-37)70-53(82)43(29-33(2)3)71-56(85)47(35(6)7)74-49(78)39(63)17-16-28-66-59(64)65/h21-24,33-36,39-48,76-77H,9-20,25-32,60-63H2,1-8H3,(H,67,80)(H,68,79)(H,69,83)(H,70,82)(H,71,85)(H,72,84)(H,73,86)(H,74,78)(H,75,81)(H,87,88)(H4,64,65,66)/t36-,39-,40-,41-,42-,43-,44-,45-,46-,47-,48-/m0/s1. The van der Waals surface area contributed by atoms with Gasteiger partial charge in [0.15, 0.2) is 5.96 Å². The van der Waals surface area contributed by atoms with Crippen LogP contribution in [0.25, 0.3) is 0 Å². The second kappa shape index (κ2) is 42.6. The quantitative estimate of drug-likeness (QED) is 0.0190. The monoisotopic (exact) mass is 1250 g/mol. The fraction of sp³-hybridized carbons (Fsp3) is 0.712. The van der Waals surface area contributed by atoms with Gasteiger partial charge in [-0.25, -0.2) is 4.79 Å². The first-order valence-electron chi connectivity index (χ1n) is 30.8. The average molecular weight is 1250 g/mol.